The lowest BCUT2D eigenvalue weighted by Gasteiger charge is -1.93. The number of nitrogens with one attached hydrogen (secondary N) is 1. The number of hydrogen-bond donors (Lipinski definition) is 1. The van der Waals surface area contributed by atoms with Crippen molar-refractivity contribution >= 4 is 22.7 Å². The summed E-state index contributed by atoms with van der Waals surface area (Å²) in [6, 6.07) is 20.1. The molecule has 4 rings (SSSR count). The van der Waals surface area contributed by atoms with Gasteiger partial charge in [0.2, 0.25) is 0 Å². The Labute approximate surface area is 125 Å². The third-order valence-electron chi connectivity index (χ3n) is 3.12. The number of H-pyrrole nitrogens is 1. The minimum absolute atomic E-state index is 0.504. The summed E-state index contributed by atoms with van der Waals surface area (Å²) in [5, 5.41) is 9.86. The Balaban J connectivity index is 1.64. The van der Waals surface area contributed by atoms with Gasteiger partial charge >= 0.3 is 0 Å². The first-order valence-electron chi connectivity index (χ1n) is 6.53. The van der Waals surface area contributed by atoms with Crippen molar-refractivity contribution in [1.29, 1.82) is 0 Å². The Morgan fingerprint density at radius 3 is 2.57 bits per heavy atom. The highest BCUT2D eigenvalue weighted by Gasteiger charge is 2.12. The fourth-order valence-electron chi connectivity index (χ4n) is 2.14. The zero-order chi connectivity index (χ0) is 14.1. The maximum absolute atomic E-state index is 5.71. The molecule has 21 heavy (non-hydrogen) atoms. The van der Waals surface area contributed by atoms with E-state index in [-0.39, 0.29) is 0 Å². The van der Waals surface area contributed by atoms with E-state index in [0.29, 0.717) is 11.1 Å². The average molecular weight is 293 g/mol. The second kappa shape index (κ2) is 5.10. The molecule has 0 bridgehead atoms. The molecule has 0 aliphatic heterocycles. The van der Waals surface area contributed by atoms with E-state index in [4.69, 9.17) is 4.42 Å². The number of aromatic amines is 1. The minimum Gasteiger partial charge on any atom is -0.409 e. The SMILES string of the molecule is c1ccc(Sc2nnc(-c3cc4ccccc4[nH]3)o2)cc1. The van der Waals surface area contributed by atoms with Crippen molar-refractivity contribution in [3.63, 3.8) is 0 Å². The highest BCUT2D eigenvalue weighted by atomic mass is 32.2. The normalized spacial score (nSPS) is 11.0. The molecule has 4 nitrogen and oxygen atoms in total. The predicted octanol–water partition coefficient (Wildman–Crippen LogP) is 4.37. The number of aromatic nitrogens is 3. The molecule has 2 heterocycles. The van der Waals surface area contributed by atoms with E-state index in [1.807, 2.05) is 60.7 Å². The Hall–Kier alpha value is -2.53. The third kappa shape index (κ3) is 2.43. The molecule has 0 saturated heterocycles. The van der Waals surface area contributed by atoms with Crippen LogP contribution in [0.4, 0.5) is 0 Å². The van der Waals surface area contributed by atoms with Crippen LogP contribution in [0.25, 0.3) is 22.5 Å². The van der Waals surface area contributed by atoms with Crippen LogP contribution in [0.3, 0.4) is 0 Å². The molecular weight excluding hydrogens is 282 g/mol. The lowest BCUT2D eigenvalue weighted by atomic mass is 10.2. The Morgan fingerprint density at radius 1 is 0.905 bits per heavy atom. The number of rotatable bonds is 3. The third-order valence-corrected chi connectivity index (χ3v) is 3.96. The number of benzene rings is 2. The second-order valence-electron chi connectivity index (χ2n) is 4.56. The first-order chi connectivity index (χ1) is 10.4. The summed E-state index contributed by atoms with van der Waals surface area (Å²) in [6.07, 6.45) is 0. The van der Waals surface area contributed by atoms with Crippen molar-refractivity contribution in [1.82, 2.24) is 15.2 Å². The van der Waals surface area contributed by atoms with Crippen LogP contribution in [0.15, 0.2) is 75.2 Å². The maximum Gasteiger partial charge on any atom is 0.281 e. The van der Waals surface area contributed by atoms with Crippen LogP contribution >= 0.6 is 11.8 Å². The van der Waals surface area contributed by atoms with Gasteiger partial charge in [-0.3, -0.25) is 0 Å². The molecule has 0 aliphatic carbocycles. The van der Waals surface area contributed by atoms with Gasteiger partial charge in [0.1, 0.15) is 5.69 Å². The minimum atomic E-state index is 0.504. The van der Waals surface area contributed by atoms with Crippen molar-refractivity contribution in [2.45, 2.75) is 10.1 Å². The summed E-state index contributed by atoms with van der Waals surface area (Å²) in [5.74, 6) is 0.504. The van der Waals surface area contributed by atoms with Gasteiger partial charge in [-0.05, 0) is 36.0 Å². The molecule has 1 N–H and O–H groups in total. The van der Waals surface area contributed by atoms with Crippen LogP contribution in [-0.2, 0) is 0 Å². The molecule has 0 aliphatic rings. The van der Waals surface area contributed by atoms with E-state index < -0.39 is 0 Å². The first kappa shape index (κ1) is 12.2. The Kier molecular flexibility index (Phi) is 2.97. The number of nitrogens with zero attached hydrogens (tertiary/aromatic N) is 2. The van der Waals surface area contributed by atoms with Crippen molar-refractivity contribution in [3.05, 3.63) is 60.7 Å². The molecule has 0 radical (unpaired) electrons. The number of hydrogen-bond acceptors (Lipinski definition) is 4. The molecule has 5 heteroatoms. The van der Waals surface area contributed by atoms with Gasteiger partial charge in [-0.15, -0.1) is 10.2 Å². The van der Waals surface area contributed by atoms with Gasteiger partial charge in [0.25, 0.3) is 11.1 Å². The van der Waals surface area contributed by atoms with Gasteiger partial charge in [-0.1, -0.05) is 36.4 Å². The summed E-state index contributed by atoms with van der Waals surface area (Å²) >= 11 is 1.46. The fourth-order valence-corrected chi connectivity index (χ4v) is 2.83. The molecule has 0 saturated carbocycles. The number of fused-ring (bicyclic) bond motifs is 1. The van der Waals surface area contributed by atoms with Gasteiger partial charge in [0.05, 0.1) is 0 Å². The van der Waals surface area contributed by atoms with Crippen LogP contribution in [-0.4, -0.2) is 15.2 Å². The molecular formula is C16H11N3OS. The van der Waals surface area contributed by atoms with E-state index in [1.54, 1.807) is 0 Å². The molecule has 102 valence electrons. The highest BCUT2D eigenvalue weighted by molar-refractivity contribution is 7.99. The van der Waals surface area contributed by atoms with E-state index in [9.17, 15) is 0 Å². The highest BCUT2D eigenvalue weighted by Crippen LogP contribution is 2.29. The van der Waals surface area contributed by atoms with E-state index in [1.165, 1.54) is 11.8 Å². The quantitative estimate of drug-likeness (QED) is 0.609. The van der Waals surface area contributed by atoms with Gasteiger partial charge < -0.3 is 9.40 Å². The summed E-state index contributed by atoms with van der Waals surface area (Å²) < 4.78 is 5.71. The number of para-hydroxylation sites is 1. The molecule has 2 aromatic heterocycles. The molecule has 4 aromatic rings. The fraction of sp³-hybridized carbons (Fsp3) is 0. The van der Waals surface area contributed by atoms with Crippen LogP contribution in [0, 0.1) is 0 Å². The average Bonchev–Trinajstić information content (AvgIpc) is 3.14. The molecule has 0 spiro atoms. The van der Waals surface area contributed by atoms with Crippen LogP contribution in [0.1, 0.15) is 0 Å². The van der Waals surface area contributed by atoms with Gasteiger partial charge in [0, 0.05) is 15.8 Å². The largest absolute Gasteiger partial charge is 0.409 e. The lowest BCUT2D eigenvalue weighted by molar-refractivity contribution is 0.465. The Morgan fingerprint density at radius 2 is 1.71 bits per heavy atom. The smallest absolute Gasteiger partial charge is 0.281 e. The van der Waals surface area contributed by atoms with Gasteiger partial charge in [0.15, 0.2) is 0 Å². The van der Waals surface area contributed by atoms with E-state index in [0.717, 1.165) is 21.5 Å². The molecule has 0 fully saturated rings. The molecule has 2 aromatic carbocycles. The van der Waals surface area contributed by atoms with E-state index >= 15 is 0 Å². The van der Waals surface area contributed by atoms with Crippen LogP contribution in [0.2, 0.25) is 0 Å². The van der Waals surface area contributed by atoms with Crippen molar-refractivity contribution in [2.75, 3.05) is 0 Å². The monoisotopic (exact) mass is 293 g/mol. The molecule has 0 unspecified atom stereocenters. The Bertz CT molecular complexity index is 850. The zero-order valence-corrected chi connectivity index (χ0v) is 11.8. The lowest BCUT2D eigenvalue weighted by Crippen LogP contribution is -1.76. The van der Waals surface area contributed by atoms with Crippen molar-refractivity contribution in [3.8, 4) is 11.6 Å². The molecule has 0 amide bonds. The topological polar surface area (TPSA) is 54.7 Å². The van der Waals surface area contributed by atoms with Crippen molar-refractivity contribution < 1.29 is 4.42 Å². The summed E-state index contributed by atoms with van der Waals surface area (Å²) in [5.41, 5.74) is 1.89. The summed E-state index contributed by atoms with van der Waals surface area (Å²) in [4.78, 5) is 4.36. The summed E-state index contributed by atoms with van der Waals surface area (Å²) in [7, 11) is 0. The molecule has 0 atom stereocenters. The summed E-state index contributed by atoms with van der Waals surface area (Å²) in [6.45, 7) is 0. The predicted molar refractivity (Wildman–Crippen MR) is 82.2 cm³/mol. The zero-order valence-electron chi connectivity index (χ0n) is 11.0. The van der Waals surface area contributed by atoms with E-state index in [2.05, 4.69) is 15.2 Å². The maximum atomic E-state index is 5.71. The first-order valence-corrected chi connectivity index (χ1v) is 7.35. The second-order valence-corrected chi connectivity index (χ2v) is 5.58. The van der Waals surface area contributed by atoms with Gasteiger partial charge in [-0.2, -0.15) is 0 Å². The van der Waals surface area contributed by atoms with Crippen LogP contribution in [0.5, 0.6) is 0 Å². The van der Waals surface area contributed by atoms with Crippen molar-refractivity contribution in [2.24, 2.45) is 0 Å². The standard InChI is InChI=1S/C16H11N3OS/c1-2-7-12(8-3-1)21-16-19-18-15(20-16)14-10-11-6-4-5-9-13(11)17-14/h1-10,17H. The van der Waals surface area contributed by atoms with Gasteiger partial charge in [-0.25, -0.2) is 0 Å². The van der Waals surface area contributed by atoms with Crippen LogP contribution < -0.4 is 0 Å².